The van der Waals surface area contributed by atoms with Crippen LogP contribution in [-0.4, -0.2) is 34.2 Å². The summed E-state index contributed by atoms with van der Waals surface area (Å²) >= 11 is 0. The average Bonchev–Trinajstić information content (AvgIpc) is 3.30. The van der Waals surface area contributed by atoms with Gasteiger partial charge in [0.05, 0.1) is 17.1 Å². The van der Waals surface area contributed by atoms with Crippen molar-refractivity contribution in [3.63, 3.8) is 0 Å². The Bertz CT molecular complexity index is 1220. The molecule has 0 fully saturated rings. The van der Waals surface area contributed by atoms with E-state index in [-0.39, 0.29) is 11.5 Å². The third-order valence-electron chi connectivity index (χ3n) is 8.25. The second-order valence-electron chi connectivity index (χ2n) is 11.2. The molecule has 6 heteroatoms. The Labute approximate surface area is 243 Å². The monoisotopic (exact) mass is 547 g/mol. The van der Waals surface area contributed by atoms with Gasteiger partial charge in [-0.3, -0.25) is 4.79 Å². The fourth-order valence-electron chi connectivity index (χ4n) is 5.74. The van der Waals surface area contributed by atoms with Crippen molar-refractivity contribution in [2.24, 2.45) is 16.0 Å². The van der Waals surface area contributed by atoms with Crippen LogP contribution in [0.3, 0.4) is 0 Å². The molecule has 1 aromatic heterocycles. The van der Waals surface area contributed by atoms with Crippen LogP contribution in [0.4, 0.5) is 11.4 Å². The molecule has 0 spiro atoms. The number of aromatic nitrogens is 2. The van der Waals surface area contributed by atoms with Gasteiger partial charge in [-0.2, -0.15) is 9.78 Å². The molecular formula is C34H53N5O. The van der Waals surface area contributed by atoms with E-state index in [0.29, 0.717) is 5.82 Å². The van der Waals surface area contributed by atoms with Crippen LogP contribution >= 0.6 is 0 Å². The Morgan fingerprint density at radius 2 is 1.62 bits per heavy atom. The van der Waals surface area contributed by atoms with E-state index in [1.807, 2.05) is 0 Å². The molecule has 2 heterocycles. The summed E-state index contributed by atoms with van der Waals surface area (Å²) in [6.45, 7) is 17.3. The zero-order valence-corrected chi connectivity index (χ0v) is 26.4. The van der Waals surface area contributed by atoms with Crippen molar-refractivity contribution in [3.05, 3.63) is 51.2 Å². The molecule has 0 saturated carbocycles. The van der Waals surface area contributed by atoms with E-state index in [4.69, 9.17) is 15.1 Å². The minimum Gasteiger partial charge on any atom is -0.372 e. The average molecular weight is 548 g/mol. The molecule has 0 N–H and O–H groups in total. The summed E-state index contributed by atoms with van der Waals surface area (Å²) in [5.74, 6) is 0.877. The quantitative estimate of drug-likeness (QED) is 0.187. The van der Waals surface area contributed by atoms with Gasteiger partial charge in [0.25, 0.3) is 5.56 Å². The van der Waals surface area contributed by atoms with Gasteiger partial charge in [-0.05, 0) is 76.6 Å². The molecule has 1 aromatic carbocycles. The van der Waals surface area contributed by atoms with Crippen LogP contribution < -0.4 is 10.5 Å². The highest BCUT2D eigenvalue weighted by Gasteiger charge is 2.32. The maximum atomic E-state index is 14.0. The highest BCUT2D eigenvalue weighted by molar-refractivity contribution is 6.49. The van der Waals surface area contributed by atoms with Crippen molar-refractivity contribution in [2.75, 3.05) is 18.0 Å². The first-order valence-corrected chi connectivity index (χ1v) is 16.1. The molecule has 0 saturated heterocycles. The Hall–Kier alpha value is -2.76. The molecule has 0 radical (unpaired) electrons. The van der Waals surface area contributed by atoms with Crippen molar-refractivity contribution in [1.82, 2.24) is 9.66 Å². The molecule has 0 aliphatic carbocycles. The second-order valence-corrected chi connectivity index (χ2v) is 11.2. The van der Waals surface area contributed by atoms with E-state index in [1.54, 1.807) is 4.68 Å². The van der Waals surface area contributed by atoms with Crippen LogP contribution in [0.15, 0.2) is 33.1 Å². The van der Waals surface area contributed by atoms with Crippen molar-refractivity contribution in [1.29, 1.82) is 0 Å². The smallest absolute Gasteiger partial charge is 0.277 e. The largest absolute Gasteiger partial charge is 0.372 e. The highest BCUT2D eigenvalue weighted by atomic mass is 16.1. The van der Waals surface area contributed by atoms with Crippen molar-refractivity contribution < 1.29 is 0 Å². The summed E-state index contributed by atoms with van der Waals surface area (Å²) in [5.41, 5.74) is 6.76. The van der Waals surface area contributed by atoms with Crippen molar-refractivity contribution in [3.8, 4) is 0 Å². The number of benzene rings is 1. The first kappa shape index (κ1) is 31.8. The SMILES string of the molecule is CCCCCCCc1c(CCC)nc2n(c1=O)N=C(C(CC)CCCC)C2=Nc1ccc(N(CC)CC)cc1C. The summed E-state index contributed by atoms with van der Waals surface area (Å²) in [7, 11) is 0. The van der Waals surface area contributed by atoms with Crippen molar-refractivity contribution in [2.45, 2.75) is 126 Å². The number of nitrogens with zero attached hydrogens (tertiary/aromatic N) is 5. The number of anilines is 1. The number of hydrogen-bond acceptors (Lipinski definition) is 5. The predicted molar refractivity (Wildman–Crippen MR) is 172 cm³/mol. The van der Waals surface area contributed by atoms with Crippen LogP contribution in [0.2, 0.25) is 0 Å². The number of rotatable bonds is 17. The Morgan fingerprint density at radius 3 is 2.25 bits per heavy atom. The maximum Gasteiger partial charge on any atom is 0.277 e. The minimum absolute atomic E-state index is 0.00518. The minimum atomic E-state index is 0.00518. The predicted octanol–water partition coefficient (Wildman–Crippen LogP) is 8.42. The number of unbranched alkanes of at least 4 members (excludes halogenated alkanes) is 5. The number of hydrogen-bond donors (Lipinski definition) is 0. The van der Waals surface area contributed by atoms with Crippen LogP contribution in [0.1, 0.15) is 128 Å². The molecule has 1 unspecified atom stereocenters. The van der Waals surface area contributed by atoms with Gasteiger partial charge < -0.3 is 4.90 Å². The summed E-state index contributed by atoms with van der Waals surface area (Å²) in [6.07, 6.45) is 12.7. The zero-order valence-electron chi connectivity index (χ0n) is 26.4. The van der Waals surface area contributed by atoms with Crippen LogP contribution in [0.5, 0.6) is 0 Å². The fourth-order valence-corrected chi connectivity index (χ4v) is 5.74. The molecule has 6 nitrogen and oxygen atoms in total. The molecule has 1 atom stereocenters. The maximum absolute atomic E-state index is 14.0. The summed E-state index contributed by atoms with van der Waals surface area (Å²) in [6, 6.07) is 6.49. The molecule has 1 aliphatic heterocycles. The summed E-state index contributed by atoms with van der Waals surface area (Å²) in [4.78, 5) is 26.7. The van der Waals surface area contributed by atoms with Gasteiger partial charge in [-0.25, -0.2) is 9.98 Å². The third kappa shape index (κ3) is 7.50. The summed E-state index contributed by atoms with van der Waals surface area (Å²) in [5, 5.41) is 4.99. The Kier molecular flexibility index (Phi) is 12.6. The van der Waals surface area contributed by atoms with E-state index in [1.165, 1.54) is 24.9 Å². The van der Waals surface area contributed by atoms with E-state index in [0.717, 1.165) is 105 Å². The van der Waals surface area contributed by atoms with Crippen molar-refractivity contribution >= 4 is 22.8 Å². The molecule has 3 rings (SSSR count). The number of fused-ring (bicyclic) bond motifs is 1. The topological polar surface area (TPSA) is 62.9 Å². The standard InChI is InChI=1S/C34H53N5O/c1-8-14-16-17-18-21-28-30(19-10-3)36-33-32(31(37-39(33)34(28)40)26(11-4)20-15-9-2)35-29-23-22-27(24-25(29)7)38(12-5)13-6/h22-24,26H,8-21H2,1-7H3. The molecule has 2 aromatic rings. The normalized spacial score (nSPS) is 14.5. The molecule has 0 bridgehead atoms. The molecule has 220 valence electrons. The van der Waals surface area contributed by atoms with E-state index in [2.05, 4.69) is 71.6 Å². The lowest BCUT2D eigenvalue weighted by atomic mass is 9.91. The van der Waals surface area contributed by atoms with Gasteiger partial charge >= 0.3 is 0 Å². The molecular weight excluding hydrogens is 494 g/mol. The highest BCUT2D eigenvalue weighted by Crippen LogP contribution is 2.29. The lowest BCUT2D eigenvalue weighted by Gasteiger charge is -2.22. The first-order valence-electron chi connectivity index (χ1n) is 16.1. The Balaban J connectivity index is 2.12. The lowest BCUT2D eigenvalue weighted by molar-refractivity contribution is 0.568. The molecule has 40 heavy (non-hydrogen) atoms. The summed E-state index contributed by atoms with van der Waals surface area (Å²) < 4.78 is 1.59. The third-order valence-corrected chi connectivity index (χ3v) is 8.25. The van der Waals surface area contributed by atoms with Gasteiger partial charge in [0.2, 0.25) is 0 Å². The molecule has 1 aliphatic rings. The van der Waals surface area contributed by atoms with Gasteiger partial charge in [-0.15, -0.1) is 0 Å². The fraction of sp³-hybridized carbons (Fsp3) is 0.647. The van der Waals surface area contributed by atoms with Gasteiger partial charge in [0.15, 0.2) is 5.82 Å². The zero-order chi connectivity index (χ0) is 29.1. The number of aliphatic imine (C=N–C) groups is 1. The van der Waals surface area contributed by atoms with E-state index in [9.17, 15) is 4.79 Å². The number of aryl methyl sites for hydroxylation is 2. The van der Waals surface area contributed by atoms with Gasteiger partial charge in [0, 0.05) is 30.3 Å². The lowest BCUT2D eigenvalue weighted by Crippen LogP contribution is -2.28. The second kappa shape index (κ2) is 15.9. The Morgan fingerprint density at radius 1 is 0.900 bits per heavy atom. The molecule has 0 amide bonds. The van der Waals surface area contributed by atoms with Gasteiger partial charge in [0.1, 0.15) is 5.71 Å². The van der Waals surface area contributed by atoms with Gasteiger partial charge in [-0.1, -0.05) is 72.6 Å². The van der Waals surface area contributed by atoms with Crippen LogP contribution in [0.25, 0.3) is 0 Å². The van der Waals surface area contributed by atoms with Crippen LogP contribution in [0, 0.1) is 12.8 Å². The van der Waals surface area contributed by atoms with Crippen LogP contribution in [-0.2, 0) is 12.8 Å². The van der Waals surface area contributed by atoms with E-state index < -0.39 is 0 Å². The first-order chi connectivity index (χ1) is 19.4. The van der Waals surface area contributed by atoms with E-state index >= 15 is 0 Å².